The lowest BCUT2D eigenvalue weighted by molar-refractivity contribution is 0.287. The van der Waals surface area contributed by atoms with Crippen LogP contribution in [0.15, 0.2) is 36.4 Å². The van der Waals surface area contributed by atoms with Gasteiger partial charge in [-0.25, -0.2) is 0 Å². The number of hydrogen-bond acceptors (Lipinski definition) is 6. The van der Waals surface area contributed by atoms with Gasteiger partial charge in [0.1, 0.15) is 17.1 Å². The molecule has 1 N–H and O–H groups in total. The number of aromatic nitrogens is 1. The maximum atomic E-state index is 9.92. The Hall–Kier alpha value is -3.92. The highest BCUT2D eigenvalue weighted by molar-refractivity contribution is 5.79. The summed E-state index contributed by atoms with van der Waals surface area (Å²) in [4.78, 5) is 0. The molecule has 0 aliphatic carbocycles. The van der Waals surface area contributed by atoms with E-state index in [1.165, 1.54) is 0 Å². The molecule has 0 radical (unpaired) electrons. The van der Waals surface area contributed by atoms with Crippen molar-refractivity contribution in [1.29, 1.82) is 10.7 Å². The molecule has 0 amide bonds. The molecule has 0 saturated carbocycles. The van der Waals surface area contributed by atoms with E-state index in [2.05, 4.69) is 6.07 Å². The van der Waals surface area contributed by atoms with Crippen LogP contribution in [0, 0.1) is 16.7 Å². The average molecular weight is 446 g/mol. The third-order valence-electron chi connectivity index (χ3n) is 5.80. The highest BCUT2D eigenvalue weighted by Gasteiger charge is 2.23. The van der Waals surface area contributed by atoms with Crippen LogP contribution in [0.25, 0.3) is 22.4 Å². The minimum absolute atomic E-state index is 0.192. The van der Waals surface area contributed by atoms with Gasteiger partial charge < -0.3 is 23.5 Å². The van der Waals surface area contributed by atoms with Crippen LogP contribution in [0.5, 0.6) is 23.0 Å². The van der Waals surface area contributed by atoms with Crippen LogP contribution in [-0.2, 0) is 13.0 Å². The van der Waals surface area contributed by atoms with Crippen molar-refractivity contribution < 1.29 is 18.9 Å². The molecule has 0 fully saturated rings. The van der Waals surface area contributed by atoms with Crippen molar-refractivity contribution in [3.8, 4) is 51.5 Å². The molecule has 0 saturated heterocycles. The van der Waals surface area contributed by atoms with E-state index in [0.717, 1.165) is 34.6 Å². The van der Waals surface area contributed by atoms with Crippen molar-refractivity contribution in [2.24, 2.45) is 0 Å². The normalized spacial score (nSPS) is 11.7. The zero-order chi connectivity index (χ0) is 23.5. The summed E-state index contributed by atoms with van der Waals surface area (Å²) in [7, 11) is 3.16. The molecule has 7 nitrogen and oxygen atoms in total. The Kier molecular flexibility index (Phi) is 6.27. The second-order valence-corrected chi connectivity index (χ2v) is 7.57. The lowest BCUT2D eigenvalue weighted by atomic mass is 9.92. The van der Waals surface area contributed by atoms with Crippen LogP contribution >= 0.6 is 0 Å². The first-order chi connectivity index (χ1) is 16.1. The molecule has 0 bridgehead atoms. The van der Waals surface area contributed by atoms with E-state index in [9.17, 15) is 5.26 Å². The zero-order valence-electron chi connectivity index (χ0n) is 19.3. The summed E-state index contributed by atoms with van der Waals surface area (Å²) < 4.78 is 24.4. The van der Waals surface area contributed by atoms with Crippen LogP contribution in [0.1, 0.15) is 25.0 Å². The Bertz CT molecular complexity index is 1300. The Labute approximate surface area is 193 Å². The van der Waals surface area contributed by atoms with Crippen LogP contribution in [0.3, 0.4) is 0 Å². The van der Waals surface area contributed by atoms with Gasteiger partial charge in [0.15, 0.2) is 23.0 Å². The summed E-state index contributed by atoms with van der Waals surface area (Å²) in [5.74, 6) is 2.58. The first-order valence-corrected chi connectivity index (χ1v) is 10.9. The lowest BCUT2D eigenvalue weighted by Gasteiger charge is -2.26. The standard InChI is InChI=1S/C26H27N3O4/c1-5-32-24-12-17-9-10-29-21(19(17)14-25(24)33-6-2)13-18(20(15-27)26(29)28)16-7-8-22(30-3)23(11-16)31-4/h7-8,11-14,28H,5-6,9-10H2,1-4H3. The molecule has 7 heteroatoms. The van der Waals surface area contributed by atoms with Gasteiger partial charge in [-0.3, -0.25) is 5.41 Å². The van der Waals surface area contributed by atoms with E-state index in [4.69, 9.17) is 24.4 Å². The highest BCUT2D eigenvalue weighted by Crippen LogP contribution is 2.40. The van der Waals surface area contributed by atoms with E-state index < -0.39 is 0 Å². The molecule has 0 spiro atoms. The molecule has 1 aromatic heterocycles. The molecule has 1 aliphatic rings. The van der Waals surface area contributed by atoms with E-state index in [-0.39, 0.29) is 5.49 Å². The van der Waals surface area contributed by atoms with Gasteiger partial charge >= 0.3 is 0 Å². The van der Waals surface area contributed by atoms with Crippen molar-refractivity contribution in [2.75, 3.05) is 27.4 Å². The highest BCUT2D eigenvalue weighted by atomic mass is 16.5. The molecule has 4 rings (SSSR count). The minimum atomic E-state index is 0.192. The fourth-order valence-electron chi connectivity index (χ4n) is 4.29. The molecule has 0 unspecified atom stereocenters. The van der Waals surface area contributed by atoms with Gasteiger partial charge in [0.25, 0.3) is 0 Å². The molecule has 33 heavy (non-hydrogen) atoms. The van der Waals surface area contributed by atoms with E-state index in [0.29, 0.717) is 48.1 Å². The molecule has 0 atom stereocenters. The Morgan fingerprint density at radius 1 is 0.909 bits per heavy atom. The topological polar surface area (TPSA) is 89.5 Å². The molecule has 170 valence electrons. The largest absolute Gasteiger partial charge is 0.493 e. The summed E-state index contributed by atoms with van der Waals surface area (Å²) >= 11 is 0. The SMILES string of the molecule is CCOc1cc2c(cc1OCC)-c1cc(-c3ccc(OC)c(OC)c3)c(C#N)c(=N)n1CC2. The van der Waals surface area contributed by atoms with E-state index in [1.807, 2.05) is 48.7 Å². The van der Waals surface area contributed by atoms with E-state index >= 15 is 0 Å². The Morgan fingerprint density at radius 3 is 2.24 bits per heavy atom. The summed E-state index contributed by atoms with van der Waals surface area (Å²) in [6, 6.07) is 13.7. The van der Waals surface area contributed by atoms with Crippen molar-refractivity contribution in [2.45, 2.75) is 26.8 Å². The number of methoxy groups -OCH3 is 2. The predicted molar refractivity (Wildman–Crippen MR) is 125 cm³/mol. The summed E-state index contributed by atoms with van der Waals surface area (Å²) in [5, 5.41) is 18.7. The molecule has 3 aromatic rings. The number of benzene rings is 2. The van der Waals surface area contributed by atoms with Crippen LogP contribution < -0.4 is 24.4 Å². The Morgan fingerprint density at radius 2 is 1.61 bits per heavy atom. The number of aryl methyl sites for hydroxylation is 1. The number of nitriles is 1. The predicted octanol–water partition coefficient (Wildman–Crippen LogP) is 4.54. The van der Waals surface area contributed by atoms with Gasteiger partial charge in [-0.1, -0.05) is 6.07 Å². The Balaban J connectivity index is 1.96. The molecule has 2 aromatic carbocycles. The lowest BCUT2D eigenvalue weighted by Crippen LogP contribution is -2.28. The fraction of sp³-hybridized carbons (Fsp3) is 0.308. The monoisotopic (exact) mass is 445 g/mol. The van der Waals surface area contributed by atoms with Gasteiger partial charge in [0.2, 0.25) is 0 Å². The van der Waals surface area contributed by atoms with Gasteiger partial charge in [-0.15, -0.1) is 0 Å². The average Bonchev–Trinajstić information content (AvgIpc) is 2.84. The zero-order valence-corrected chi connectivity index (χ0v) is 19.3. The smallest absolute Gasteiger partial charge is 0.161 e. The minimum Gasteiger partial charge on any atom is -0.493 e. The number of nitrogens with zero attached hydrogens (tertiary/aromatic N) is 2. The van der Waals surface area contributed by atoms with Gasteiger partial charge in [0.05, 0.1) is 33.1 Å². The second-order valence-electron chi connectivity index (χ2n) is 7.57. The third kappa shape index (κ3) is 3.89. The maximum Gasteiger partial charge on any atom is 0.161 e. The van der Waals surface area contributed by atoms with Crippen molar-refractivity contribution in [1.82, 2.24) is 4.57 Å². The fourth-order valence-corrected chi connectivity index (χ4v) is 4.29. The summed E-state index contributed by atoms with van der Waals surface area (Å²) in [6.45, 7) is 5.57. The van der Waals surface area contributed by atoms with Crippen LogP contribution in [0.2, 0.25) is 0 Å². The van der Waals surface area contributed by atoms with Crippen LogP contribution in [-0.4, -0.2) is 32.0 Å². The number of fused-ring (bicyclic) bond motifs is 3. The van der Waals surface area contributed by atoms with Crippen molar-refractivity contribution in [3.63, 3.8) is 0 Å². The third-order valence-corrected chi connectivity index (χ3v) is 5.80. The molecule has 1 aliphatic heterocycles. The van der Waals surface area contributed by atoms with E-state index in [1.54, 1.807) is 20.3 Å². The molecular weight excluding hydrogens is 418 g/mol. The second kappa shape index (κ2) is 9.29. The number of rotatable bonds is 7. The van der Waals surface area contributed by atoms with Crippen molar-refractivity contribution in [3.05, 3.63) is 53.0 Å². The molecular formula is C26H27N3O4. The number of ether oxygens (including phenoxy) is 4. The van der Waals surface area contributed by atoms with Gasteiger partial charge in [0, 0.05) is 17.7 Å². The van der Waals surface area contributed by atoms with Gasteiger partial charge in [-0.2, -0.15) is 5.26 Å². The maximum absolute atomic E-state index is 9.92. The van der Waals surface area contributed by atoms with Crippen molar-refractivity contribution >= 4 is 0 Å². The number of pyridine rings is 1. The quantitative estimate of drug-likeness (QED) is 0.577. The first kappa shape index (κ1) is 22.3. The number of hydrogen-bond donors (Lipinski definition) is 1. The molecule has 2 heterocycles. The first-order valence-electron chi connectivity index (χ1n) is 10.9. The van der Waals surface area contributed by atoms with Gasteiger partial charge in [-0.05, 0) is 61.7 Å². The van der Waals surface area contributed by atoms with Crippen LogP contribution in [0.4, 0.5) is 0 Å². The summed E-state index contributed by atoms with van der Waals surface area (Å²) in [5.41, 5.74) is 4.95. The number of nitrogens with one attached hydrogen (secondary N) is 1. The summed E-state index contributed by atoms with van der Waals surface area (Å²) in [6.07, 6.45) is 0.742.